The Morgan fingerprint density at radius 2 is 2.11 bits per heavy atom. The average molecular weight is 302 g/mol. The number of nitrogens with zero attached hydrogens (tertiary/aromatic N) is 1. The van der Waals surface area contributed by atoms with E-state index in [1.807, 2.05) is 26.8 Å². The summed E-state index contributed by atoms with van der Waals surface area (Å²) in [5, 5.41) is 3.25. The molecule has 0 aliphatic heterocycles. The van der Waals surface area contributed by atoms with Gasteiger partial charge in [-0.05, 0) is 37.9 Å². The Labute approximate surface area is 119 Å². The van der Waals surface area contributed by atoms with Gasteiger partial charge < -0.3 is 5.32 Å². The van der Waals surface area contributed by atoms with E-state index in [9.17, 15) is 8.42 Å². The number of sulfonamides is 1. The first-order valence-corrected chi connectivity index (χ1v) is 9.08. The second-order valence-corrected chi connectivity index (χ2v) is 8.15. The van der Waals surface area contributed by atoms with E-state index in [1.165, 1.54) is 11.3 Å². The Kier molecular flexibility index (Phi) is 4.66. The SMILES string of the molecule is CCNCc1sc(S(=O)(=O)N(CC)C2CC2)cc1C. The van der Waals surface area contributed by atoms with Gasteiger partial charge in [-0.15, -0.1) is 11.3 Å². The van der Waals surface area contributed by atoms with Crippen molar-refractivity contribution in [1.29, 1.82) is 0 Å². The fourth-order valence-corrected chi connectivity index (χ4v) is 5.52. The van der Waals surface area contributed by atoms with Crippen molar-refractivity contribution in [3.05, 3.63) is 16.5 Å². The summed E-state index contributed by atoms with van der Waals surface area (Å²) >= 11 is 1.40. The number of rotatable bonds is 7. The molecular weight excluding hydrogens is 280 g/mol. The highest BCUT2D eigenvalue weighted by Gasteiger charge is 2.37. The molecular formula is C13H22N2O2S2. The topological polar surface area (TPSA) is 49.4 Å². The zero-order valence-corrected chi connectivity index (χ0v) is 13.4. The maximum atomic E-state index is 12.6. The van der Waals surface area contributed by atoms with Crippen molar-refractivity contribution in [2.75, 3.05) is 13.1 Å². The normalized spacial score (nSPS) is 16.2. The van der Waals surface area contributed by atoms with E-state index < -0.39 is 10.0 Å². The summed E-state index contributed by atoms with van der Waals surface area (Å²) in [6, 6.07) is 2.05. The minimum Gasteiger partial charge on any atom is -0.312 e. The first-order valence-electron chi connectivity index (χ1n) is 6.82. The van der Waals surface area contributed by atoms with Crippen molar-refractivity contribution in [2.45, 2.75) is 50.4 Å². The van der Waals surface area contributed by atoms with Gasteiger partial charge in [-0.2, -0.15) is 4.31 Å². The lowest BCUT2D eigenvalue weighted by atomic mass is 10.3. The maximum Gasteiger partial charge on any atom is 0.252 e. The minimum atomic E-state index is -3.29. The molecule has 0 unspecified atom stereocenters. The summed E-state index contributed by atoms with van der Waals surface area (Å²) < 4.78 is 27.3. The van der Waals surface area contributed by atoms with E-state index in [2.05, 4.69) is 5.32 Å². The summed E-state index contributed by atoms with van der Waals surface area (Å²) in [7, 11) is -3.29. The van der Waals surface area contributed by atoms with Crippen LogP contribution in [0.4, 0.5) is 0 Å². The minimum absolute atomic E-state index is 0.231. The van der Waals surface area contributed by atoms with Gasteiger partial charge in [-0.1, -0.05) is 13.8 Å². The highest BCUT2D eigenvalue weighted by molar-refractivity contribution is 7.91. The van der Waals surface area contributed by atoms with Crippen LogP contribution in [0.5, 0.6) is 0 Å². The van der Waals surface area contributed by atoms with Crippen molar-refractivity contribution in [1.82, 2.24) is 9.62 Å². The summed E-state index contributed by atoms with van der Waals surface area (Å²) in [6.45, 7) is 8.14. The third-order valence-electron chi connectivity index (χ3n) is 3.36. The monoisotopic (exact) mass is 302 g/mol. The first-order chi connectivity index (χ1) is 9.00. The van der Waals surface area contributed by atoms with Crippen molar-refractivity contribution < 1.29 is 8.42 Å². The molecule has 0 aromatic carbocycles. The second-order valence-electron chi connectivity index (χ2n) is 4.89. The van der Waals surface area contributed by atoms with Crippen LogP contribution in [0.1, 0.15) is 37.1 Å². The maximum absolute atomic E-state index is 12.6. The van der Waals surface area contributed by atoms with Gasteiger partial charge >= 0.3 is 0 Å². The van der Waals surface area contributed by atoms with Crippen LogP contribution in [0.25, 0.3) is 0 Å². The molecule has 0 bridgehead atoms. The van der Waals surface area contributed by atoms with Crippen LogP contribution in [0.3, 0.4) is 0 Å². The molecule has 2 rings (SSSR count). The van der Waals surface area contributed by atoms with Crippen LogP contribution in [-0.2, 0) is 16.6 Å². The van der Waals surface area contributed by atoms with Gasteiger partial charge in [0.15, 0.2) is 0 Å². The number of hydrogen-bond acceptors (Lipinski definition) is 4. The lowest BCUT2D eigenvalue weighted by Crippen LogP contribution is -2.32. The molecule has 1 aromatic rings. The Morgan fingerprint density at radius 1 is 1.42 bits per heavy atom. The molecule has 0 radical (unpaired) electrons. The summed E-state index contributed by atoms with van der Waals surface area (Å²) in [5.74, 6) is 0. The lowest BCUT2D eigenvalue weighted by Gasteiger charge is -2.18. The van der Waals surface area contributed by atoms with Crippen LogP contribution in [0.2, 0.25) is 0 Å². The van der Waals surface area contributed by atoms with Crippen LogP contribution in [-0.4, -0.2) is 31.9 Å². The predicted molar refractivity (Wildman–Crippen MR) is 79.0 cm³/mol. The van der Waals surface area contributed by atoms with E-state index in [-0.39, 0.29) is 6.04 Å². The van der Waals surface area contributed by atoms with E-state index in [0.29, 0.717) is 10.8 Å². The largest absolute Gasteiger partial charge is 0.312 e. The Bertz CT molecular complexity index is 533. The standard InChI is InChI=1S/C13H22N2O2S2/c1-4-14-9-12-10(3)8-13(18-12)19(16,17)15(5-2)11-6-7-11/h8,11,14H,4-7,9H2,1-3H3. The molecule has 0 atom stereocenters. The van der Waals surface area contributed by atoms with Crippen LogP contribution >= 0.6 is 11.3 Å². The van der Waals surface area contributed by atoms with Crippen LogP contribution in [0.15, 0.2) is 10.3 Å². The molecule has 1 aromatic heterocycles. The van der Waals surface area contributed by atoms with E-state index >= 15 is 0 Å². The molecule has 108 valence electrons. The van der Waals surface area contributed by atoms with E-state index in [4.69, 9.17) is 0 Å². The van der Waals surface area contributed by atoms with Gasteiger partial charge in [0.05, 0.1) is 0 Å². The van der Waals surface area contributed by atoms with Gasteiger partial charge in [0.2, 0.25) is 0 Å². The Morgan fingerprint density at radius 3 is 2.63 bits per heavy atom. The third-order valence-corrected chi connectivity index (χ3v) is 7.08. The molecule has 19 heavy (non-hydrogen) atoms. The number of aryl methyl sites for hydroxylation is 1. The van der Waals surface area contributed by atoms with Crippen molar-refractivity contribution in [2.24, 2.45) is 0 Å². The molecule has 1 saturated carbocycles. The van der Waals surface area contributed by atoms with Gasteiger partial charge in [-0.3, -0.25) is 0 Å². The summed E-state index contributed by atoms with van der Waals surface area (Å²) in [4.78, 5) is 1.12. The third kappa shape index (κ3) is 3.18. The van der Waals surface area contributed by atoms with Crippen molar-refractivity contribution >= 4 is 21.4 Å². The van der Waals surface area contributed by atoms with E-state index in [1.54, 1.807) is 4.31 Å². The zero-order valence-electron chi connectivity index (χ0n) is 11.8. The molecule has 4 nitrogen and oxygen atoms in total. The van der Waals surface area contributed by atoms with Gasteiger partial charge in [0.25, 0.3) is 10.0 Å². The zero-order chi connectivity index (χ0) is 14.0. The molecule has 0 spiro atoms. The smallest absolute Gasteiger partial charge is 0.252 e. The first kappa shape index (κ1) is 15.0. The number of nitrogens with one attached hydrogen (secondary N) is 1. The lowest BCUT2D eigenvalue weighted by molar-refractivity contribution is 0.422. The second kappa shape index (κ2) is 5.91. The van der Waals surface area contributed by atoms with E-state index in [0.717, 1.165) is 36.4 Å². The highest BCUT2D eigenvalue weighted by atomic mass is 32.2. The van der Waals surface area contributed by atoms with Gasteiger partial charge in [-0.25, -0.2) is 8.42 Å². The Hall–Kier alpha value is -0.430. The molecule has 1 heterocycles. The predicted octanol–water partition coefficient (Wildman–Crippen LogP) is 2.34. The molecule has 1 aliphatic carbocycles. The molecule has 0 saturated heterocycles. The van der Waals surface area contributed by atoms with Crippen molar-refractivity contribution in [3.8, 4) is 0 Å². The fourth-order valence-electron chi connectivity index (χ4n) is 2.13. The molecule has 1 aliphatic rings. The molecule has 1 fully saturated rings. The van der Waals surface area contributed by atoms with Crippen LogP contribution in [0, 0.1) is 6.92 Å². The quantitative estimate of drug-likeness (QED) is 0.841. The summed E-state index contributed by atoms with van der Waals surface area (Å²) in [6.07, 6.45) is 2.00. The van der Waals surface area contributed by atoms with Crippen LogP contribution < -0.4 is 5.32 Å². The average Bonchev–Trinajstić information content (AvgIpc) is 3.10. The molecule has 1 N–H and O–H groups in total. The summed E-state index contributed by atoms with van der Waals surface area (Å²) in [5.41, 5.74) is 1.07. The fraction of sp³-hybridized carbons (Fsp3) is 0.692. The Balaban J connectivity index is 2.24. The molecule has 6 heteroatoms. The number of thiophene rings is 1. The highest BCUT2D eigenvalue weighted by Crippen LogP contribution is 2.35. The number of hydrogen-bond donors (Lipinski definition) is 1. The van der Waals surface area contributed by atoms with Crippen molar-refractivity contribution in [3.63, 3.8) is 0 Å². The molecule has 0 amide bonds. The van der Waals surface area contributed by atoms with Gasteiger partial charge in [0, 0.05) is 24.0 Å². The van der Waals surface area contributed by atoms with Gasteiger partial charge in [0.1, 0.15) is 4.21 Å².